The number of halogens is 2. The van der Waals surface area contributed by atoms with E-state index in [0.29, 0.717) is 16.7 Å². The maximum atomic E-state index is 13.9. The van der Waals surface area contributed by atoms with Gasteiger partial charge in [0.2, 0.25) is 0 Å². The average Bonchev–Trinajstić information content (AvgIpc) is 3.10. The van der Waals surface area contributed by atoms with Crippen LogP contribution < -0.4 is 0 Å². The minimum absolute atomic E-state index is 0.0510. The van der Waals surface area contributed by atoms with Crippen molar-refractivity contribution in [3.05, 3.63) is 34.6 Å². The molecule has 2 aliphatic heterocycles. The van der Waals surface area contributed by atoms with Crippen LogP contribution in [0, 0.1) is 5.82 Å². The fourth-order valence-electron chi connectivity index (χ4n) is 2.95. The van der Waals surface area contributed by atoms with E-state index in [4.69, 9.17) is 16.3 Å². The molecular formula is C17H20ClFN2O2S. The number of ether oxygens (including phenoxy) is 1. The summed E-state index contributed by atoms with van der Waals surface area (Å²) in [6, 6.07) is 3.92. The second-order valence-corrected chi connectivity index (χ2v) is 8.81. The lowest BCUT2D eigenvalue weighted by Gasteiger charge is -2.22. The molecule has 2 aliphatic rings. The van der Waals surface area contributed by atoms with Gasteiger partial charge >= 0.3 is 0 Å². The van der Waals surface area contributed by atoms with E-state index in [9.17, 15) is 9.18 Å². The molecule has 1 unspecified atom stereocenters. The standard InChI is InChI=1S/C17H20ClFN2O2S/c1-17(2)10-21(9-12-4-3-7-23-12)16(24-17)20-15(22)13-8-11(18)5-6-14(13)19/h5-6,8,12H,3-4,7,9-10H2,1-2H3. The Morgan fingerprint density at radius 2 is 2.33 bits per heavy atom. The van der Waals surface area contributed by atoms with Crippen LogP contribution in [0.15, 0.2) is 23.2 Å². The van der Waals surface area contributed by atoms with Gasteiger partial charge in [-0.25, -0.2) is 4.39 Å². The molecule has 0 spiro atoms. The predicted molar refractivity (Wildman–Crippen MR) is 95.4 cm³/mol. The zero-order valence-corrected chi connectivity index (χ0v) is 15.3. The number of carbonyl (C=O) groups is 1. The number of rotatable bonds is 3. The van der Waals surface area contributed by atoms with Crippen LogP contribution in [-0.2, 0) is 4.74 Å². The summed E-state index contributed by atoms with van der Waals surface area (Å²) in [4.78, 5) is 18.7. The number of hydrogen-bond donors (Lipinski definition) is 0. The molecule has 7 heteroatoms. The SMILES string of the molecule is CC1(C)CN(CC2CCCO2)C(=NC(=O)c2cc(Cl)ccc2F)S1. The van der Waals surface area contributed by atoms with E-state index >= 15 is 0 Å². The molecule has 0 bridgehead atoms. The fourth-order valence-corrected chi connectivity index (χ4v) is 4.23. The highest BCUT2D eigenvalue weighted by molar-refractivity contribution is 8.15. The Morgan fingerprint density at radius 3 is 3.04 bits per heavy atom. The Bertz CT molecular complexity index is 675. The summed E-state index contributed by atoms with van der Waals surface area (Å²) in [5.74, 6) is -1.21. The smallest absolute Gasteiger partial charge is 0.282 e. The molecule has 1 aromatic carbocycles. The normalized spacial score (nSPS) is 24.8. The summed E-state index contributed by atoms with van der Waals surface area (Å²) in [6.07, 6.45) is 2.25. The highest BCUT2D eigenvalue weighted by atomic mass is 35.5. The highest BCUT2D eigenvalue weighted by Crippen LogP contribution is 2.36. The van der Waals surface area contributed by atoms with Crippen molar-refractivity contribution < 1.29 is 13.9 Å². The third-order valence-electron chi connectivity index (χ3n) is 4.01. The second kappa shape index (κ2) is 7.02. The first-order chi connectivity index (χ1) is 11.3. The summed E-state index contributed by atoms with van der Waals surface area (Å²) in [5, 5.41) is 0.940. The first-order valence-corrected chi connectivity index (χ1v) is 9.17. The minimum Gasteiger partial charge on any atom is -0.376 e. The van der Waals surface area contributed by atoms with Crippen molar-refractivity contribution in [1.29, 1.82) is 0 Å². The molecule has 1 atom stereocenters. The number of amides is 1. The van der Waals surface area contributed by atoms with Crippen LogP contribution in [0.1, 0.15) is 37.0 Å². The molecule has 2 heterocycles. The molecule has 4 nitrogen and oxygen atoms in total. The summed E-state index contributed by atoms with van der Waals surface area (Å²) in [7, 11) is 0. The van der Waals surface area contributed by atoms with Gasteiger partial charge in [0.25, 0.3) is 5.91 Å². The van der Waals surface area contributed by atoms with Crippen molar-refractivity contribution in [2.75, 3.05) is 19.7 Å². The van der Waals surface area contributed by atoms with Gasteiger partial charge in [0, 0.05) is 29.5 Å². The summed E-state index contributed by atoms with van der Waals surface area (Å²) in [5.41, 5.74) is -0.0997. The first kappa shape index (κ1) is 17.7. The van der Waals surface area contributed by atoms with Crippen LogP contribution in [0.2, 0.25) is 5.02 Å². The maximum absolute atomic E-state index is 13.9. The first-order valence-electron chi connectivity index (χ1n) is 7.98. The number of carbonyl (C=O) groups excluding carboxylic acids is 1. The molecule has 0 radical (unpaired) electrons. The van der Waals surface area contributed by atoms with E-state index in [1.54, 1.807) is 0 Å². The quantitative estimate of drug-likeness (QED) is 0.807. The average molecular weight is 371 g/mol. The topological polar surface area (TPSA) is 41.9 Å². The predicted octanol–water partition coefficient (Wildman–Crippen LogP) is 3.98. The van der Waals surface area contributed by atoms with Crippen LogP contribution in [0.3, 0.4) is 0 Å². The van der Waals surface area contributed by atoms with Gasteiger partial charge in [-0.2, -0.15) is 4.99 Å². The van der Waals surface area contributed by atoms with Crippen molar-refractivity contribution in [1.82, 2.24) is 4.90 Å². The van der Waals surface area contributed by atoms with E-state index < -0.39 is 11.7 Å². The zero-order valence-electron chi connectivity index (χ0n) is 13.7. The second-order valence-electron chi connectivity index (χ2n) is 6.70. The van der Waals surface area contributed by atoms with Gasteiger partial charge in [-0.05, 0) is 44.9 Å². The van der Waals surface area contributed by atoms with Crippen molar-refractivity contribution in [2.24, 2.45) is 4.99 Å². The molecule has 0 aromatic heterocycles. The summed E-state index contributed by atoms with van der Waals surface area (Å²) in [6.45, 7) is 6.48. The van der Waals surface area contributed by atoms with Gasteiger partial charge in [0.1, 0.15) is 5.82 Å². The molecular weight excluding hydrogens is 351 g/mol. The molecule has 130 valence electrons. The van der Waals surface area contributed by atoms with Crippen LogP contribution in [0.25, 0.3) is 0 Å². The lowest BCUT2D eigenvalue weighted by atomic mass is 10.2. The van der Waals surface area contributed by atoms with E-state index in [2.05, 4.69) is 23.7 Å². The van der Waals surface area contributed by atoms with E-state index in [1.807, 2.05) is 0 Å². The third-order valence-corrected chi connectivity index (χ3v) is 5.46. The molecule has 0 aliphatic carbocycles. The van der Waals surface area contributed by atoms with Gasteiger partial charge in [-0.1, -0.05) is 23.4 Å². The van der Waals surface area contributed by atoms with Gasteiger partial charge < -0.3 is 9.64 Å². The zero-order chi connectivity index (χ0) is 17.3. The van der Waals surface area contributed by atoms with Crippen LogP contribution in [0.4, 0.5) is 4.39 Å². The Balaban J connectivity index is 1.82. The molecule has 3 rings (SSSR count). The molecule has 0 N–H and O–H groups in total. The van der Waals surface area contributed by atoms with Gasteiger partial charge in [-0.15, -0.1) is 0 Å². The number of nitrogens with zero attached hydrogens (tertiary/aromatic N) is 2. The lowest BCUT2D eigenvalue weighted by Crippen LogP contribution is -2.35. The summed E-state index contributed by atoms with van der Waals surface area (Å²) < 4.78 is 19.5. The maximum Gasteiger partial charge on any atom is 0.282 e. The molecule has 0 saturated carbocycles. The summed E-state index contributed by atoms with van der Waals surface area (Å²) >= 11 is 7.40. The van der Waals surface area contributed by atoms with Crippen molar-refractivity contribution in [3.63, 3.8) is 0 Å². The minimum atomic E-state index is -0.610. The van der Waals surface area contributed by atoms with Gasteiger partial charge in [-0.3, -0.25) is 4.79 Å². The van der Waals surface area contributed by atoms with Crippen LogP contribution in [-0.4, -0.2) is 46.5 Å². The molecule has 2 saturated heterocycles. The molecule has 2 fully saturated rings. The van der Waals surface area contributed by atoms with Crippen LogP contribution in [0.5, 0.6) is 0 Å². The van der Waals surface area contributed by atoms with Crippen molar-refractivity contribution in [3.8, 4) is 0 Å². The fraction of sp³-hybridized carbons (Fsp3) is 0.529. The van der Waals surface area contributed by atoms with Crippen LogP contribution >= 0.6 is 23.4 Å². The Labute approximate surface area is 150 Å². The Hall–Kier alpha value is -1.11. The number of thioether (sulfide) groups is 1. The monoisotopic (exact) mass is 370 g/mol. The molecule has 1 amide bonds. The number of benzene rings is 1. The number of amidine groups is 1. The lowest BCUT2D eigenvalue weighted by molar-refractivity contribution is 0.0908. The highest BCUT2D eigenvalue weighted by Gasteiger charge is 2.37. The van der Waals surface area contributed by atoms with Crippen molar-refractivity contribution in [2.45, 2.75) is 37.5 Å². The largest absolute Gasteiger partial charge is 0.376 e. The molecule has 1 aromatic rings. The Kier molecular flexibility index (Phi) is 5.18. The van der Waals surface area contributed by atoms with Gasteiger partial charge in [0.05, 0.1) is 11.7 Å². The van der Waals surface area contributed by atoms with E-state index in [-0.39, 0.29) is 16.4 Å². The van der Waals surface area contributed by atoms with Gasteiger partial charge in [0.15, 0.2) is 5.17 Å². The van der Waals surface area contributed by atoms with Crippen molar-refractivity contribution >= 4 is 34.4 Å². The third kappa shape index (κ3) is 4.10. The molecule has 24 heavy (non-hydrogen) atoms. The Morgan fingerprint density at radius 1 is 1.54 bits per heavy atom. The van der Waals surface area contributed by atoms with E-state index in [0.717, 1.165) is 26.0 Å². The number of aliphatic imine (C=N–C) groups is 1. The van der Waals surface area contributed by atoms with E-state index in [1.165, 1.54) is 30.0 Å². The number of hydrogen-bond acceptors (Lipinski definition) is 3.